The molecule has 0 bridgehead atoms. The molecule has 68 heavy (non-hydrogen) atoms. The minimum Gasteiger partial charge on any atom is -0.487 e. The number of halogens is 1. The smallest absolute Gasteiger partial charge is 0.345 e. The van der Waals surface area contributed by atoms with Crippen LogP contribution in [-0.2, 0) is 11.2 Å². The van der Waals surface area contributed by atoms with Crippen LogP contribution in [0, 0.1) is 58.2 Å². The fraction of sp³-hybridized carbons (Fsp3) is 0.544. The highest BCUT2D eigenvalue weighted by Crippen LogP contribution is 2.45. The quantitative estimate of drug-likeness (QED) is 0.0431. The molecule has 0 radical (unpaired) electrons. The number of rotatable bonds is 21. The molecule has 3 N–H and O–H groups in total. The van der Waals surface area contributed by atoms with E-state index in [1.807, 2.05) is 20.8 Å². The number of fused-ring (bicyclic) bond motifs is 2. The number of aromatic amines is 1. The van der Waals surface area contributed by atoms with Crippen LogP contribution < -0.4 is 20.1 Å². The van der Waals surface area contributed by atoms with Crippen molar-refractivity contribution in [3.63, 3.8) is 0 Å². The molecule has 0 saturated heterocycles. The number of aryl methyl sites for hydroxylation is 1. The van der Waals surface area contributed by atoms with E-state index in [0.29, 0.717) is 45.9 Å². The van der Waals surface area contributed by atoms with Crippen molar-refractivity contribution < 1.29 is 28.2 Å². The van der Waals surface area contributed by atoms with Crippen LogP contribution >= 0.6 is 0 Å². The van der Waals surface area contributed by atoms with Crippen LogP contribution in [0.3, 0.4) is 0 Å². The van der Waals surface area contributed by atoms with E-state index in [2.05, 4.69) is 87.8 Å². The molecule has 2 amide bonds. The van der Waals surface area contributed by atoms with Gasteiger partial charge in [0.25, 0.3) is 11.8 Å². The van der Waals surface area contributed by atoms with E-state index in [0.717, 1.165) is 90.3 Å². The number of carbonyl (C=O) groups excluding carboxylic acids is 3. The van der Waals surface area contributed by atoms with Crippen molar-refractivity contribution in [3.05, 3.63) is 104 Å². The fourth-order valence-electron chi connectivity index (χ4n) is 9.71. The Labute approximate surface area is 406 Å². The molecule has 10 nitrogen and oxygen atoms in total. The van der Waals surface area contributed by atoms with Gasteiger partial charge in [-0.1, -0.05) is 86.5 Å². The number of hydrogen-bond acceptors (Lipinski definition) is 7. The molecule has 2 aliphatic rings. The topological polar surface area (TPSA) is 126 Å². The van der Waals surface area contributed by atoms with E-state index < -0.39 is 5.82 Å². The van der Waals surface area contributed by atoms with Crippen LogP contribution in [0.2, 0.25) is 0 Å². The lowest BCUT2D eigenvalue weighted by Crippen LogP contribution is -2.37. The van der Waals surface area contributed by atoms with Gasteiger partial charge in [-0.05, 0) is 157 Å². The Hall–Kier alpha value is -5.29. The summed E-state index contributed by atoms with van der Waals surface area (Å²) in [6.07, 6.45) is 18.6. The molecule has 4 heterocycles. The summed E-state index contributed by atoms with van der Waals surface area (Å²) in [6, 6.07) is 7.68. The lowest BCUT2D eigenvalue weighted by molar-refractivity contribution is -0.110. The van der Waals surface area contributed by atoms with Gasteiger partial charge in [0.1, 0.15) is 22.9 Å². The summed E-state index contributed by atoms with van der Waals surface area (Å²) < 4.78 is 26.3. The summed E-state index contributed by atoms with van der Waals surface area (Å²) in [5.74, 6) is 2.92. The molecule has 0 spiro atoms. The largest absolute Gasteiger partial charge is 0.487 e. The Morgan fingerprint density at radius 1 is 0.926 bits per heavy atom. The van der Waals surface area contributed by atoms with Gasteiger partial charge in [0, 0.05) is 53.7 Å². The average Bonchev–Trinajstić information content (AvgIpc) is 3.77. The number of likely N-dealkylation sites (N-methyl/N-ethyl adjacent to an activating group) is 1. The number of esters is 1. The van der Waals surface area contributed by atoms with Crippen molar-refractivity contribution in [2.45, 2.75) is 159 Å². The van der Waals surface area contributed by atoms with Crippen LogP contribution in [0.4, 0.5) is 10.1 Å². The number of aromatic nitrogens is 2. The molecule has 2 aliphatic heterocycles. The van der Waals surface area contributed by atoms with E-state index in [1.54, 1.807) is 36.7 Å². The van der Waals surface area contributed by atoms with E-state index in [1.165, 1.54) is 69.1 Å². The second-order valence-corrected chi connectivity index (χ2v) is 20.2. The third-order valence-electron chi connectivity index (χ3n) is 14.3. The summed E-state index contributed by atoms with van der Waals surface area (Å²) in [5, 5.41) is 5.70. The molecule has 6 rings (SSSR count). The summed E-state index contributed by atoms with van der Waals surface area (Å²) in [4.78, 5) is 47.3. The predicted octanol–water partition coefficient (Wildman–Crippen LogP) is 13.1. The third kappa shape index (κ3) is 14.1. The van der Waals surface area contributed by atoms with E-state index in [9.17, 15) is 18.8 Å². The number of H-pyrrole nitrogens is 1. The van der Waals surface area contributed by atoms with Crippen LogP contribution in [0.25, 0.3) is 11.6 Å². The van der Waals surface area contributed by atoms with Gasteiger partial charge in [0.2, 0.25) is 0 Å². The maximum Gasteiger partial charge on any atom is 0.345 e. The van der Waals surface area contributed by atoms with Gasteiger partial charge in [0.15, 0.2) is 0 Å². The number of nitrogens with zero attached hydrogens (tertiary/aromatic N) is 2. The minimum absolute atomic E-state index is 0.143. The van der Waals surface area contributed by atoms with Crippen molar-refractivity contribution in [1.29, 1.82) is 0 Å². The summed E-state index contributed by atoms with van der Waals surface area (Å²) in [7, 11) is 0. The number of carbonyl (C=O) groups is 3. The van der Waals surface area contributed by atoms with Crippen molar-refractivity contribution in [3.8, 4) is 11.5 Å². The third-order valence-corrected chi connectivity index (χ3v) is 14.3. The average molecular weight is 934 g/mol. The first-order valence-electron chi connectivity index (χ1n) is 25.3. The summed E-state index contributed by atoms with van der Waals surface area (Å²) >= 11 is 0. The van der Waals surface area contributed by atoms with Gasteiger partial charge in [0.05, 0.1) is 16.7 Å². The Morgan fingerprint density at radius 2 is 1.60 bits per heavy atom. The summed E-state index contributed by atoms with van der Waals surface area (Å²) in [6.45, 7) is 29.1. The highest BCUT2D eigenvalue weighted by atomic mass is 19.1. The molecule has 2 aromatic carbocycles. The number of benzene rings is 2. The second kappa shape index (κ2) is 24.8. The van der Waals surface area contributed by atoms with Gasteiger partial charge in [-0.2, -0.15) is 0 Å². The molecule has 4 aromatic rings. The van der Waals surface area contributed by atoms with Gasteiger partial charge in [-0.25, -0.2) is 9.18 Å². The number of ether oxygens (including phenoxy) is 2. The molecule has 370 valence electrons. The van der Waals surface area contributed by atoms with Crippen molar-refractivity contribution in [2.75, 3.05) is 31.5 Å². The van der Waals surface area contributed by atoms with Crippen LogP contribution in [-0.4, -0.2) is 64.4 Å². The first-order valence-corrected chi connectivity index (χ1v) is 25.3. The number of amides is 2. The Morgan fingerprint density at radius 3 is 2.25 bits per heavy atom. The standard InChI is InChI=1S/C35H53NO3.C22H27FN4O2/c1-24(2)13-9-14-25(3)15-10-16-26(4)17-11-20-35(8)21-19-31-29(7)32(27(5)28(6)33(31)39-35)38-34(37)30-18-12-22-36-23-30;1-5-27(6-2)10-9-24-22(29)20-13(3)19(25-14(20)4)12-17-16-11-15(23)7-8-18(16)26-21(17)28/h12,18,22-26H,9-11,13-17,19-21H2,1-8H3;7-8,11-12,25H,5-6,9-10H2,1-4H3,(H,24,29)(H,26,28)/b;17-12-/t25-,26-,35-;/m1./s1. The lowest BCUT2D eigenvalue weighted by Gasteiger charge is -2.38. The number of nitrogens with one attached hydrogen (secondary N) is 3. The minimum atomic E-state index is -0.404. The number of anilines is 1. The van der Waals surface area contributed by atoms with Gasteiger partial charge in [-0.3, -0.25) is 14.6 Å². The molecule has 0 unspecified atom stereocenters. The molecular weight excluding hydrogens is 854 g/mol. The normalized spacial score (nSPS) is 16.7. The van der Waals surface area contributed by atoms with Crippen LogP contribution in [0.1, 0.15) is 178 Å². The predicted molar refractivity (Wildman–Crippen MR) is 275 cm³/mol. The number of hydrogen-bond donors (Lipinski definition) is 3. The van der Waals surface area contributed by atoms with Crippen molar-refractivity contribution in [1.82, 2.24) is 20.2 Å². The molecular formula is C57H80FN5O5. The fourth-order valence-corrected chi connectivity index (χ4v) is 9.71. The molecule has 11 heteroatoms. The van der Waals surface area contributed by atoms with E-state index in [4.69, 9.17) is 9.47 Å². The first kappa shape index (κ1) is 53.7. The zero-order chi connectivity index (χ0) is 49.7. The van der Waals surface area contributed by atoms with Crippen molar-refractivity contribution in [2.24, 2.45) is 17.8 Å². The van der Waals surface area contributed by atoms with Crippen LogP contribution in [0.15, 0.2) is 42.7 Å². The Balaban J connectivity index is 0.000000265. The lowest BCUT2D eigenvalue weighted by atomic mass is 9.83. The molecule has 0 aliphatic carbocycles. The monoisotopic (exact) mass is 934 g/mol. The highest BCUT2D eigenvalue weighted by Gasteiger charge is 2.35. The first-order chi connectivity index (χ1) is 32.4. The molecule has 3 atom stereocenters. The zero-order valence-electron chi connectivity index (χ0n) is 43.3. The molecule has 0 fully saturated rings. The zero-order valence-corrected chi connectivity index (χ0v) is 43.3. The van der Waals surface area contributed by atoms with E-state index in [-0.39, 0.29) is 23.4 Å². The Kier molecular flexibility index (Phi) is 19.6. The van der Waals surface area contributed by atoms with Crippen molar-refractivity contribution >= 4 is 35.1 Å². The maximum absolute atomic E-state index is 13.7. The van der Waals surface area contributed by atoms with Gasteiger partial charge in [-0.15, -0.1) is 0 Å². The van der Waals surface area contributed by atoms with Gasteiger partial charge < -0.3 is 30.0 Å². The number of pyridine rings is 1. The second-order valence-electron chi connectivity index (χ2n) is 20.2. The SMILES string of the molecule is CCN(CC)CCNC(=O)c1c(C)[nH]c(/C=C2\C(=O)Nc3ccc(F)cc32)c1C.Cc1c(C)c2c(c(C)c1OC(=O)c1cccnc1)CC[C@@](C)(CCC[C@H](C)CCC[C@H](C)CCCC(C)C)O2. The Bertz CT molecular complexity index is 2380. The van der Waals surface area contributed by atoms with E-state index >= 15 is 0 Å². The summed E-state index contributed by atoms with van der Waals surface area (Å²) in [5.41, 5.74) is 8.76. The molecule has 0 saturated carbocycles. The highest BCUT2D eigenvalue weighted by molar-refractivity contribution is 6.35. The van der Waals surface area contributed by atoms with Gasteiger partial charge >= 0.3 is 5.97 Å². The molecule has 2 aromatic heterocycles. The maximum atomic E-state index is 13.7. The van der Waals surface area contributed by atoms with Crippen LogP contribution in [0.5, 0.6) is 11.5 Å².